The van der Waals surface area contributed by atoms with Crippen molar-refractivity contribution in [2.75, 3.05) is 0 Å². The van der Waals surface area contributed by atoms with Gasteiger partial charge in [-0.25, -0.2) is 4.98 Å². The Balaban J connectivity index is 1.93. The summed E-state index contributed by atoms with van der Waals surface area (Å²) >= 11 is 0. The van der Waals surface area contributed by atoms with Crippen LogP contribution in [0.3, 0.4) is 0 Å². The van der Waals surface area contributed by atoms with Gasteiger partial charge in [0.25, 0.3) is 0 Å². The summed E-state index contributed by atoms with van der Waals surface area (Å²) in [6, 6.07) is 20.3. The van der Waals surface area contributed by atoms with E-state index in [4.69, 9.17) is 0 Å². The van der Waals surface area contributed by atoms with Gasteiger partial charge in [0.05, 0.1) is 18.4 Å². The van der Waals surface area contributed by atoms with E-state index in [1.807, 2.05) is 54.7 Å². The van der Waals surface area contributed by atoms with Gasteiger partial charge in [-0.1, -0.05) is 55.1 Å². The first-order chi connectivity index (χ1) is 12.1. The topological polar surface area (TPSA) is 46.9 Å². The molecule has 25 heavy (non-hydrogen) atoms. The molecule has 0 radical (unpaired) electrons. The Morgan fingerprint density at radius 1 is 1.08 bits per heavy atom. The molecule has 4 nitrogen and oxygen atoms in total. The zero-order valence-electron chi connectivity index (χ0n) is 14.3. The molecular weight excluding hydrogens is 310 g/mol. The number of nitrogens with zero attached hydrogens (tertiary/aromatic N) is 2. The van der Waals surface area contributed by atoms with E-state index in [2.05, 4.69) is 33.6 Å². The average Bonchev–Trinajstić information content (AvgIpc) is 3.03. The summed E-state index contributed by atoms with van der Waals surface area (Å²) in [5.74, 6) is 0.794. The van der Waals surface area contributed by atoms with Gasteiger partial charge in [0, 0.05) is 17.7 Å². The molecule has 0 aliphatic rings. The van der Waals surface area contributed by atoms with Crippen molar-refractivity contribution in [3.05, 3.63) is 96.1 Å². The van der Waals surface area contributed by atoms with Crippen LogP contribution in [-0.4, -0.2) is 15.5 Å². The van der Waals surface area contributed by atoms with E-state index >= 15 is 0 Å². The smallest absolute Gasteiger partial charge is 0.246 e. The quantitative estimate of drug-likeness (QED) is 0.701. The molecule has 3 rings (SSSR count). The van der Waals surface area contributed by atoms with Crippen LogP contribution in [0.5, 0.6) is 0 Å². The Labute approximate surface area is 147 Å². The lowest BCUT2D eigenvalue weighted by Crippen LogP contribution is -2.24. The van der Waals surface area contributed by atoms with Crippen molar-refractivity contribution in [2.45, 2.75) is 19.9 Å². The highest BCUT2D eigenvalue weighted by molar-refractivity contribution is 5.91. The maximum Gasteiger partial charge on any atom is 0.246 e. The molecule has 0 unspecified atom stereocenters. The Hall–Kier alpha value is -3.14. The molecule has 3 aromatic rings. The molecule has 0 atom stereocenters. The fourth-order valence-corrected chi connectivity index (χ4v) is 2.67. The van der Waals surface area contributed by atoms with Crippen molar-refractivity contribution in [3.63, 3.8) is 0 Å². The summed E-state index contributed by atoms with van der Waals surface area (Å²) in [5, 5.41) is 2.89. The lowest BCUT2D eigenvalue weighted by Gasteiger charge is -2.13. The minimum absolute atomic E-state index is 0.148. The largest absolute Gasteiger partial charge is 0.347 e. The average molecular weight is 331 g/mol. The molecule has 2 aromatic carbocycles. The predicted molar refractivity (Wildman–Crippen MR) is 99.5 cm³/mol. The molecular formula is C21H21N3O. The van der Waals surface area contributed by atoms with Gasteiger partial charge in [0.1, 0.15) is 5.82 Å². The van der Waals surface area contributed by atoms with Gasteiger partial charge in [-0.15, -0.1) is 0 Å². The second-order valence-electron chi connectivity index (χ2n) is 5.96. The summed E-state index contributed by atoms with van der Waals surface area (Å²) in [6.45, 7) is 5.78. The molecule has 4 heteroatoms. The van der Waals surface area contributed by atoms with E-state index in [9.17, 15) is 4.79 Å². The van der Waals surface area contributed by atoms with E-state index in [1.165, 1.54) is 5.56 Å². The fourth-order valence-electron chi connectivity index (χ4n) is 2.67. The van der Waals surface area contributed by atoms with Crippen LogP contribution in [0.15, 0.2) is 79.0 Å². The van der Waals surface area contributed by atoms with Crippen LogP contribution in [0, 0.1) is 0 Å². The number of aromatic nitrogens is 2. The van der Waals surface area contributed by atoms with Gasteiger partial charge >= 0.3 is 0 Å². The standard InChI is InChI=1S/C21H21N3O/c1-16(2)21(25)23-15-19-14-22-20(13-17-9-5-3-6-10-17)24(19)18-11-7-4-8-12-18/h3-12,14H,1,13,15H2,2H3,(H,23,25). The molecule has 1 N–H and O–H groups in total. The zero-order chi connectivity index (χ0) is 17.6. The van der Waals surface area contributed by atoms with Crippen LogP contribution in [0.4, 0.5) is 0 Å². The summed E-state index contributed by atoms with van der Waals surface area (Å²) in [5.41, 5.74) is 3.66. The Kier molecular flexibility index (Phi) is 5.09. The van der Waals surface area contributed by atoms with E-state index < -0.39 is 0 Å². The number of hydrogen-bond donors (Lipinski definition) is 1. The molecule has 0 bridgehead atoms. The van der Waals surface area contributed by atoms with Gasteiger partial charge in [0.2, 0.25) is 5.91 Å². The highest BCUT2D eigenvalue weighted by Crippen LogP contribution is 2.18. The predicted octanol–water partition coefficient (Wildman–Crippen LogP) is 3.66. The highest BCUT2D eigenvalue weighted by atomic mass is 16.1. The third-order valence-corrected chi connectivity index (χ3v) is 3.95. The second kappa shape index (κ2) is 7.62. The molecule has 1 heterocycles. The summed E-state index contributed by atoms with van der Waals surface area (Å²) < 4.78 is 2.10. The third-order valence-electron chi connectivity index (χ3n) is 3.95. The summed E-state index contributed by atoms with van der Waals surface area (Å²) in [4.78, 5) is 16.4. The van der Waals surface area contributed by atoms with Crippen molar-refractivity contribution in [1.29, 1.82) is 0 Å². The molecule has 126 valence electrons. The van der Waals surface area contributed by atoms with Gasteiger partial charge in [-0.2, -0.15) is 0 Å². The normalized spacial score (nSPS) is 10.4. The van der Waals surface area contributed by atoms with Gasteiger partial charge in [-0.3, -0.25) is 9.36 Å². The second-order valence-corrected chi connectivity index (χ2v) is 5.96. The molecule has 0 fully saturated rings. The molecule has 1 amide bonds. The van der Waals surface area contributed by atoms with Crippen molar-refractivity contribution < 1.29 is 4.79 Å². The number of nitrogens with one attached hydrogen (secondary N) is 1. The molecule has 0 aliphatic carbocycles. The third kappa shape index (κ3) is 4.04. The van der Waals surface area contributed by atoms with E-state index in [0.717, 1.165) is 23.6 Å². The van der Waals surface area contributed by atoms with Crippen LogP contribution < -0.4 is 5.32 Å². The lowest BCUT2D eigenvalue weighted by molar-refractivity contribution is -0.117. The number of hydrogen-bond acceptors (Lipinski definition) is 2. The highest BCUT2D eigenvalue weighted by Gasteiger charge is 2.13. The number of rotatable bonds is 6. The van der Waals surface area contributed by atoms with Gasteiger partial charge in [-0.05, 0) is 24.6 Å². The number of benzene rings is 2. The lowest BCUT2D eigenvalue weighted by atomic mass is 10.1. The Bertz CT molecular complexity index is 867. The number of carbonyl (C=O) groups is 1. The number of carbonyl (C=O) groups excluding carboxylic acids is 1. The molecule has 1 aromatic heterocycles. The van der Waals surface area contributed by atoms with Crippen LogP contribution in [0.1, 0.15) is 24.0 Å². The maximum atomic E-state index is 11.8. The zero-order valence-corrected chi connectivity index (χ0v) is 14.3. The molecule has 0 aliphatic heterocycles. The SMILES string of the molecule is C=C(C)C(=O)NCc1cnc(Cc2ccccc2)n1-c1ccccc1. The van der Waals surface area contributed by atoms with Gasteiger partial charge in [0.15, 0.2) is 0 Å². The maximum absolute atomic E-state index is 11.8. The van der Waals surface area contributed by atoms with E-state index in [0.29, 0.717) is 12.1 Å². The summed E-state index contributed by atoms with van der Waals surface area (Å²) in [7, 11) is 0. The van der Waals surface area contributed by atoms with Crippen molar-refractivity contribution in [2.24, 2.45) is 0 Å². The first-order valence-electron chi connectivity index (χ1n) is 8.23. The van der Waals surface area contributed by atoms with Crippen LogP contribution in [0.25, 0.3) is 5.69 Å². The van der Waals surface area contributed by atoms with Crippen LogP contribution in [0.2, 0.25) is 0 Å². The van der Waals surface area contributed by atoms with Crippen molar-refractivity contribution >= 4 is 5.91 Å². The monoisotopic (exact) mass is 331 g/mol. The Morgan fingerprint density at radius 2 is 1.72 bits per heavy atom. The Morgan fingerprint density at radius 3 is 2.36 bits per heavy atom. The van der Waals surface area contributed by atoms with Crippen molar-refractivity contribution in [1.82, 2.24) is 14.9 Å². The minimum Gasteiger partial charge on any atom is -0.347 e. The molecule has 0 saturated carbocycles. The first-order valence-corrected chi connectivity index (χ1v) is 8.23. The van der Waals surface area contributed by atoms with Gasteiger partial charge < -0.3 is 5.32 Å². The minimum atomic E-state index is -0.148. The fraction of sp³-hybridized carbons (Fsp3) is 0.143. The first kappa shape index (κ1) is 16.7. The molecule has 0 spiro atoms. The summed E-state index contributed by atoms with van der Waals surface area (Å²) in [6.07, 6.45) is 2.55. The van der Waals surface area contributed by atoms with Crippen LogP contribution >= 0.6 is 0 Å². The number of para-hydroxylation sites is 1. The van der Waals surface area contributed by atoms with E-state index in [1.54, 1.807) is 6.92 Å². The number of amides is 1. The van der Waals surface area contributed by atoms with E-state index in [-0.39, 0.29) is 5.91 Å². The van der Waals surface area contributed by atoms with Crippen molar-refractivity contribution in [3.8, 4) is 5.69 Å². The molecule has 0 saturated heterocycles. The number of imidazole rings is 1. The van der Waals surface area contributed by atoms with Crippen LogP contribution in [-0.2, 0) is 17.8 Å².